The van der Waals surface area contributed by atoms with E-state index in [4.69, 9.17) is 4.74 Å². The van der Waals surface area contributed by atoms with Gasteiger partial charge in [0.25, 0.3) is 5.91 Å². The summed E-state index contributed by atoms with van der Waals surface area (Å²) >= 11 is 0. The van der Waals surface area contributed by atoms with Crippen LogP contribution in [0.2, 0.25) is 0 Å². The van der Waals surface area contributed by atoms with Crippen LogP contribution in [0.4, 0.5) is 4.79 Å². The number of imide groups is 1. The summed E-state index contributed by atoms with van der Waals surface area (Å²) in [6.45, 7) is 6.15. The van der Waals surface area contributed by atoms with Crippen LogP contribution in [0.15, 0.2) is 0 Å². The zero-order valence-corrected chi connectivity index (χ0v) is 10.4. The third-order valence-corrected chi connectivity index (χ3v) is 2.53. The molecule has 0 aromatic carbocycles. The number of carbonyl (C=O) groups excluding carboxylic acids is 2. The summed E-state index contributed by atoms with van der Waals surface area (Å²) in [6.07, 6.45) is 1.40. The van der Waals surface area contributed by atoms with Gasteiger partial charge in [-0.2, -0.15) is 0 Å². The summed E-state index contributed by atoms with van der Waals surface area (Å²) in [5.41, 5.74) is -0.461. The molecule has 1 unspecified atom stereocenters. The zero-order valence-electron chi connectivity index (χ0n) is 10.4. The first-order valence-electron chi connectivity index (χ1n) is 5.51. The van der Waals surface area contributed by atoms with Gasteiger partial charge in [0, 0.05) is 19.3 Å². The van der Waals surface area contributed by atoms with E-state index in [1.54, 1.807) is 7.11 Å². The van der Waals surface area contributed by atoms with Crippen LogP contribution in [0, 0.1) is 0 Å². The number of urea groups is 1. The zero-order chi connectivity index (χ0) is 12.3. The van der Waals surface area contributed by atoms with Crippen LogP contribution < -0.4 is 5.32 Å². The highest BCUT2D eigenvalue weighted by Gasteiger charge is 2.43. The maximum atomic E-state index is 12.0. The molecule has 1 heterocycles. The second kappa shape index (κ2) is 4.82. The number of amides is 3. The van der Waals surface area contributed by atoms with Crippen molar-refractivity contribution < 1.29 is 14.3 Å². The van der Waals surface area contributed by atoms with Gasteiger partial charge in [-0.15, -0.1) is 0 Å². The molecule has 0 bridgehead atoms. The van der Waals surface area contributed by atoms with Crippen LogP contribution in [0.25, 0.3) is 0 Å². The molecule has 0 aromatic rings. The highest BCUT2D eigenvalue weighted by Crippen LogP contribution is 2.21. The lowest BCUT2D eigenvalue weighted by atomic mass is 10.1. The molecule has 92 valence electrons. The van der Waals surface area contributed by atoms with Crippen LogP contribution in [0.5, 0.6) is 0 Å². The quantitative estimate of drug-likeness (QED) is 0.579. The first-order chi connectivity index (χ1) is 7.38. The van der Waals surface area contributed by atoms with E-state index in [1.165, 1.54) is 4.90 Å². The number of hydrogen-bond donors (Lipinski definition) is 1. The number of nitrogens with zero attached hydrogens (tertiary/aromatic N) is 1. The SMILES string of the molecule is COCCCC1NC(=O)N(C(C)(C)C)C1=O. The van der Waals surface area contributed by atoms with E-state index in [9.17, 15) is 9.59 Å². The summed E-state index contributed by atoms with van der Waals surface area (Å²) in [5, 5.41) is 2.70. The maximum absolute atomic E-state index is 12.0. The van der Waals surface area contributed by atoms with Crippen molar-refractivity contribution in [2.75, 3.05) is 13.7 Å². The van der Waals surface area contributed by atoms with Crippen molar-refractivity contribution in [2.24, 2.45) is 0 Å². The lowest BCUT2D eigenvalue weighted by Gasteiger charge is -2.28. The Kier molecular flexibility index (Phi) is 3.91. The summed E-state index contributed by atoms with van der Waals surface area (Å²) < 4.78 is 4.92. The van der Waals surface area contributed by atoms with Crippen LogP contribution >= 0.6 is 0 Å². The standard InChI is InChI=1S/C11H20N2O3/c1-11(2,3)13-9(14)8(12-10(13)15)6-5-7-16-4/h8H,5-7H2,1-4H3,(H,12,15). The third kappa shape index (κ3) is 2.72. The Balaban J connectivity index is 2.60. The van der Waals surface area contributed by atoms with Crippen molar-refractivity contribution in [3.63, 3.8) is 0 Å². The van der Waals surface area contributed by atoms with Crippen molar-refractivity contribution in [1.82, 2.24) is 10.2 Å². The number of ether oxygens (including phenoxy) is 1. The number of nitrogens with one attached hydrogen (secondary N) is 1. The van der Waals surface area contributed by atoms with E-state index in [1.807, 2.05) is 20.8 Å². The van der Waals surface area contributed by atoms with Crippen molar-refractivity contribution in [3.8, 4) is 0 Å². The van der Waals surface area contributed by atoms with E-state index in [2.05, 4.69) is 5.32 Å². The number of rotatable bonds is 4. The predicted molar refractivity (Wildman–Crippen MR) is 60.0 cm³/mol. The highest BCUT2D eigenvalue weighted by atomic mass is 16.5. The molecule has 16 heavy (non-hydrogen) atoms. The Morgan fingerprint density at radius 2 is 2.00 bits per heavy atom. The van der Waals surface area contributed by atoms with E-state index >= 15 is 0 Å². The van der Waals surface area contributed by atoms with E-state index in [0.29, 0.717) is 13.0 Å². The fourth-order valence-corrected chi connectivity index (χ4v) is 1.79. The molecule has 1 fully saturated rings. The topological polar surface area (TPSA) is 58.6 Å². The second-order valence-corrected chi connectivity index (χ2v) is 4.98. The van der Waals surface area contributed by atoms with Gasteiger partial charge in [0.05, 0.1) is 0 Å². The van der Waals surface area contributed by atoms with Gasteiger partial charge in [-0.05, 0) is 33.6 Å². The molecule has 0 radical (unpaired) electrons. The van der Waals surface area contributed by atoms with E-state index in [0.717, 1.165) is 6.42 Å². The minimum absolute atomic E-state index is 0.131. The summed E-state index contributed by atoms with van der Waals surface area (Å²) in [4.78, 5) is 24.9. The molecule has 1 atom stereocenters. The number of methoxy groups -OCH3 is 1. The lowest BCUT2D eigenvalue weighted by molar-refractivity contribution is -0.130. The molecule has 0 aliphatic carbocycles. The van der Waals surface area contributed by atoms with Gasteiger partial charge in [0.2, 0.25) is 0 Å². The molecular formula is C11H20N2O3. The molecule has 0 aromatic heterocycles. The molecule has 1 aliphatic heterocycles. The minimum atomic E-state index is -0.461. The van der Waals surface area contributed by atoms with Crippen molar-refractivity contribution in [1.29, 1.82) is 0 Å². The fraction of sp³-hybridized carbons (Fsp3) is 0.818. The minimum Gasteiger partial charge on any atom is -0.385 e. The van der Waals surface area contributed by atoms with E-state index < -0.39 is 5.54 Å². The summed E-state index contributed by atoms with van der Waals surface area (Å²) in [7, 11) is 1.62. The van der Waals surface area contributed by atoms with Gasteiger partial charge in [-0.3, -0.25) is 9.69 Å². The molecule has 1 rings (SSSR count). The molecule has 5 heteroatoms. The van der Waals surface area contributed by atoms with Crippen LogP contribution in [0.1, 0.15) is 33.6 Å². The van der Waals surface area contributed by atoms with Gasteiger partial charge in [-0.1, -0.05) is 0 Å². The lowest BCUT2D eigenvalue weighted by Crippen LogP contribution is -2.46. The predicted octanol–water partition coefficient (Wildman–Crippen LogP) is 1.13. The first-order valence-corrected chi connectivity index (χ1v) is 5.51. The maximum Gasteiger partial charge on any atom is 0.325 e. The van der Waals surface area contributed by atoms with Crippen molar-refractivity contribution in [3.05, 3.63) is 0 Å². The van der Waals surface area contributed by atoms with Crippen LogP contribution in [-0.2, 0) is 9.53 Å². The second-order valence-electron chi connectivity index (χ2n) is 4.98. The molecule has 0 spiro atoms. The summed E-state index contributed by atoms with van der Waals surface area (Å²) in [6, 6.07) is -0.679. The van der Waals surface area contributed by atoms with Gasteiger partial charge in [-0.25, -0.2) is 4.79 Å². The number of hydrogen-bond acceptors (Lipinski definition) is 3. The Hall–Kier alpha value is -1.10. The Morgan fingerprint density at radius 1 is 1.38 bits per heavy atom. The van der Waals surface area contributed by atoms with Gasteiger partial charge in [0.15, 0.2) is 0 Å². The van der Waals surface area contributed by atoms with Gasteiger partial charge < -0.3 is 10.1 Å². The van der Waals surface area contributed by atoms with Crippen molar-refractivity contribution in [2.45, 2.75) is 45.2 Å². The average molecular weight is 228 g/mol. The highest BCUT2D eigenvalue weighted by molar-refractivity contribution is 6.04. The van der Waals surface area contributed by atoms with E-state index in [-0.39, 0.29) is 18.0 Å². The Labute approximate surface area is 96.1 Å². The van der Waals surface area contributed by atoms with Crippen molar-refractivity contribution >= 4 is 11.9 Å². The Morgan fingerprint density at radius 3 is 2.44 bits per heavy atom. The molecule has 3 amide bonds. The Bertz CT molecular complexity index is 283. The fourth-order valence-electron chi connectivity index (χ4n) is 1.79. The molecule has 5 nitrogen and oxygen atoms in total. The average Bonchev–Trinajstić information content (AvgIpc) is 2.41. The number of carbonyl (C=O) groups is 2. The molecular weight excluding hydrogens is 208 g/mol. The van der Waals surface area contributed by atoms with Crippen LogP contribution in [-0.4, -0.2) is 42.1 Å². The largest absolute Gasteiger partial charge is 0.385 e. The third-order valence-electron chi connectivity index (χ3n) is 2.53. The smallest absolute Gasteiger partial charge is 0.325 e. The molecule has 1 aliphatic rings. The monoisotopic (exact) mass is 228 g/mol. The molecule has 1 saturated heterocycles. The summed E-state index contributed by atoms with van der Waals surface area (Å²) in [5.74, 6) is -0.131. The van der Waals surface area contributed by atoms with Gasteiger partial charge >= 0.3 is 6.03 Å². The molecule has 0 saturated carbocycles. The van der Waals surface area contributed by atoms with Gasteiger partial charge in [0.1, 0.15) is 6.04 Å². The first kappa shape index (κ1) is 13.0. The normalized spacial score (nSPS) is 21.5. The van der Waals surface area contributed by atoms with Crippen LogP contribution in [0.3, 0.4) is 0 Å². The molecule has 1 N–H and O–H groups in total.